The first-order chi connectivity index (χ1) is 6.50. The summed E-state index contributed by atoms with van der Waals surface area (Å²) in [5, 5.41) is 18.9. The summed E-state index contributed by atoms with van der Waals surface area (Å²) < 4.78 is 0. The van der Waals surface area contributed by atoms with Crippen molar-refractivity contribution >= 4 is 11.8 Å². The normalized spacial score (nSPS) is 9.79. The third-order valence-corrected chi connectivity index (χ3v) is 1.63. The van der Waals surface area contributed by atoms with Gasteiger partial charge in [0.05, 0.1) is 0 Å². The minimum atomic E-state index is -1.06. The molecule has 0 aliphatic carbocycles. The molecule has 0 aromatic carbocycles. The predicted molar refractivity (Wildman–Crippen MR) is 47.0 cm³/mol. The summed E-state index contributed by atoms with van der Waals surface area (Å²) >= 11 is 0. The molecule has 6 nitrogen and oxygen atoms in total. The van der Waals surface area contributed by atoms with Crippen molar-refractivity contribution in [3.63, 3.8) is 0 Å². The van der Waals surface area contributed by atoms with E-state index in [-0.39, 0.29) is 17.9 Å². The van der Waals surface area contributed by atoms with Crippen LogP contribution in [0.4, 0.5) is 5.82 Å². The highest BCUT2D eigenvalue weighted by Crippen LogP contribution is 2.14. The van der Waals surface area contributed by atoms with E-state index in [1.165, 1.54) is 12.1 Å². The van der Waals surface area contributed by atoms with Gasteiger partial charge in [-0.2, -0.15) is 0 Å². The molecule has 6 heteroatoms. The van der Waals surface area contributed by atoms with Gasteiger partial charge in [-0.25, -0.2) is 0 Å². The summed E-state index contributed by atoms with van der Waals surface area (Å²) in [6.45, 7) is 1.55. The van der Waals surface area contributed by atoms with E-state index in [1.807, 2.05) is 0 Å². The average molecular weight is 196 g/mol. The molecule has 0 atom stereocenters. The van der Waals surface area contributed by atoms with Gasteiger partial charge in [-0.05, 0) is 29.0 Å². The summed E-state index contributed by atoms with van der Waals surface area (Å²) in [5.41, 5.74) is 0.610. The number of hydrogen-bond acceptors (Lipinski definition) is 4. The third kappa shape index (κ3) is 2.25. The molecule has 1 N–H and O–H groups in total. The molecule has 1 rings (SSSR count). The molecule has 74 valence electrons. The number of aryl methyl sites for hydroxylation is 1. The van der Waals surface area contributed by atoms with Gasteiger partial charge in [0.1, 0.15) is 6.42 Å². The number of aliphatic carboxylic acids is 1. The molecular weight excluding hydrogens is 188 g/mol. The van der Waals surface area contributed by atoms with Gasteiger partial charge in [0.25, 0.3) is 0 Å². The topological polar surface area (TPSA) is 93.3 Å². The lowest BCUT2D eigenvalue weighted by molar-refractivity contribution is -0.390. The Labute approximate surface area is 79.4 Å². The van der Waals surface area contributed by atoms with Gasteiger partial charge in [0, 0.05) is 5.56 Å². The van der Waals surface area contributed by atoms with Gasteiger partial charge in [-0.15, -0.1) is 0 Å². The number of rotatable bonds is 3. The van der Waals surface area contributed by atoms with Crippen LogP contribution in [0.3, 0.4) is 0 Å². The van der Waals surface area contributed by atoms with E-state index in [2.05, 4.69) is 4.98 Å². The lowest BCUT2D eigenvalue weighted by Gasteiger charge is -1.97. The van der Waals surface area contributed by atoms with Gasteiger partial charge in [-0.1, -0.05) is 0 Å². The van der Waals surface area contributed by atoms with Crippen LogP contribution in [-0.2, 0) is 11.2 Å². The molecule has 0 unspecified atom stereocenters. The van der Waals surface area contributed by atoms with Crippen LogP contribution < -0.4 is 0 Å². The van der Waals surface area contributed by atoms with E-state index in [1.54, 1.807) is 6.92 Å². The van der Waals surface area contributed by atoms with E-state index in [4.69, 9.17) is 5.11 Å². The molecule has 0 fully saturated rings. The molecule has 0 spiro atoms. The monoisotopic (exact) mass is 196 g/mol. The van der Waals surface area contributed by atoms with Crippen molar-refractivity contribution < 1.29 is 14.8 Å². The third-order valence-electron chi connectivity index (χ3n) is 1.63. The van der Waals surface area contributed by atoms with Crippen LogP contribution >= 0.6 is 0 Å². The van der Waals surface area contributed by atoms with E-state index < -0.39 is 10.9 Å². The molecule has 0 saturated heterocycles. The maximum atomic E-state index is 10.5. The van der Waals surface area contributed by atoms with Gasteiger partial charge in [-0.3, -0.25) is 4.79 Å². The maximum Gasteiger partial charge on any atom is 0.366 e. The number of hydrogen-bond donors (Lipinski definition) is 1. The number of pyridine rings is 1. The smallest absolute Gasteiger partial charge is 0.366 e. The Morgan fingerprint density at radius 1 is 1.64 bits per heavy atom. The Balaban J connectivity index is 3.06. The Bertz CT molecular complexity index is 389. The largest absolute Gasteiger partial charge is 0.481 e. The zero-order valence-corrected chi connectivity index (χ0v) is 7.43. The van der Waals surface area contributed by atoms with Crippen molar-refractivity contribution in [2.24, 2.45) is 0 Å². The number of carbonyl (C=O) groups is 1. The van der Waals surface area contributed by atoms with Gasteiger partial charge in [0.15, 0.2) is 5.69 Å². The SMILES string of the molecule is Cc1ccc(CC(=O)O)nc1[N+](=O)[O-]. The first-order valence-electron chi connectivity index (χ1n) is 3.83. The molecule has 0 bridgehead atoms. The maximum absolute atomic E-state index is 10.5. The molecule has 0 amide bonds. The molecule has 0 radical (unpaired) electrons. The molecule has 1 heterocycles. The predicted octanol–water partition coefficient (Wildman–Crippen LogP) is 0.925. The molecule has 0 aliphatic rings. The zero-order chi connectivity index (χ0) is 10.7. The van der Waals surface area contributed by atoms with Crippen molar-refractivity contribution in [3.8, 4) is 0 Å². The van der Waals surface area contributed by atoms with Gasteiger partial charge >= 0.3 is 11.8 Å². The number of aromatic nitrogens is 1. The number of carboxylic acid groups (broad SMARTS) is 1. The fourth-order valence-corrected chi connectivity index (χ4v) is 0.995. The highest BCUT2D eigenvalue weighted by atomic mass is 16.6. The molecular formula is C8H8N2O4. The Hall–Kier alpha value is -1.98. The van der Waals surface area contributed by atoms with E-state index in [0.29, 0.717) is 5.56 Å². The second kappa shape index (κ2) is 3.82. The van der Waals surface area contributed by atoms with Gasteiger partial charge < -0.3 is 15.2 Å². The summed E-state index contributed by atoms with van der Waals surface area (Å²) in [4.78, 5) is 23.8. The molecule has 1 aromatic heterocycles. The van der Waals surface area contributed by atoms with Crippen LogP contribution in [0.1, 0.15) is 11.3 Å². The fourth-order valence-electron chi connectivity index (χ4n) is 0.995. The summed E-state index contributed by atoms with van der Waals surface area (Å²) in [6.07, 6.45) is -0.304. The first kappa shape index (κ1) is 10.1. The van der Waals surface area contributed by atoms with Crippen molar-refractivity contribution in [1.82, 2.24) is 4.98 Å². The number of carboxylic acids is 1. The Morgan fingerprint density at radius 2 is 2.29 bits per heavy atom. The van der Waals surface area contributed by atoms with Crippen molar-refractivity contribution in [3.05, 3.63) is 33.5 Å². The number of nitro groups is 1. The Kier molecular flexibility index (Phi) is 2.76. The van der Waals surface area contributed by atoms with E-state index in [9.17, 15) is 14.9 Å². The molecule has 0 aliphatic heterocycles. The van der Waals surface area contributed by atoms with Crippen LogP contribution in [0, 0.1) is 17.0 Å². The van der Waals surface area contributed by atoms with Crippen LogP contribution in [0.2, 0.25) is 0 Å². The van der Waals surface area contributed by atoms with Crippen LogP contribution in [0.15, 0.2) is 12.1 Å². The van der Waals surface area contributed by atoms with Crippen molar-refractivity contribution in [2.75, 3.05) is 0 Å². The zero-order valence-electron chi connectivity index (χ0n) is 7.43. The Morgan fingerprint density at radius 3 is 2.79 bits per heavy atom. The van der Waals surface area contributed by atoms with E-state index in [0.717, 1.165) is 0 Å². The summed E-state index contributed by atoms with van der Waals surface area (Å²) in [5.74, 6) is -1.35. The van der Waals surface area contributed by atoms with Crippen LogP contribution in [0.25, 0.3) is 0 Å². The fraction of sp³-hybridized carbons (Fsp3) is 0.250. The minimum Gasteiger partial charge on any atom is -0.481 e. The van der Waals surface area contributed by atoms with Gasteiger partial charge in [0.2, 0.25) is 0 Å². The van der Waals surface area contributed by atoms with Crippen LogP contribution in [0.5, 0.6) is 0 Å². The lowest BCUT2D eigenvalue weighted by atomic mass is 10.2. The van der Waals surface area contributed by atoms with E-state index >= 15 is 0 Å². The standard InChI is InChI=1S/C8H8N2O4/c1-5-2-3-6(4-7(11)12)9-8(5)10(13)14/h2-3H,4H2,1H3,(H,11,12). The molecule has 1 aromatic rings. The first-order valence-corrected chi connectivity index (χ1v) is 3.83. The highest BCUT2D eigenvalue weighted by molar-refractivity contribution is 5.69. The number of nitrogens with zero attached hydrogens (tertiary/aromatic N) is 2. The molecule has 0 saturated carbocycles. The van der Waals surface area contributed by atoms with Crippen molar-refractivity contribution in [1.29, 1.82) is 0 Å². The summed E-state index contributed by atoms with van der Waals surface area (Å²) in [6, 6.07) is 2.96. The highest BCUT2D eigenvalue weighted by Gasteiger charge is 2.15. The molecule has 14 heavy (non-hydrogen) atoms. The van der Waals surface area contributed by atoms with Crippen molar-refractivity contribution in [2.45, 2.75) is 13.3 Å². The second-order valence-electron chi connectivity index (χ2n) is 2.77. The second-order valence-corrected chi connectivity index (χ2v) is 2.77. The lowest BCUT2D eigenvalue weighted by Crippen LogP contribution is -2.04. The quantitative estimate of drug-likeness (QED) is 0.573. The minimum absolute atomic E-state index is 0.190. The van der Waals surface area contributed by atoms with Crippen LogP contribution in [-0.4, -0.2) is 21.0 Å². The average Bonchev–Trinajstić information content (AvgIpc) is 2.07. The summed E-state index contributed by atoms with van der Waals surface area (Å²) in [7, 11) is 0.